The number of fused-ring (bicyclic) bond motifs is 6. The fourth-order valence-corrected chi connectivity index (χ4v) is 12.0. The smallest absolute Gasteiger partial charge is 0.0683 e. The fourth-order valence-electron chi connectivity index (χ4n) is 9.67. The minimum Gasteiger partial charge on any atom is -0.0683 e. The standard InChI is InChI=1S/C51H65BSi2/c1-31(2)34-25-43(32(3)4)49(44(26-34)33(5)6)52(35-17-21-39-41-23-19-37(53(11,12)13)29-47(41)50(7,8)45(39)27-35)36-18-22-40-42-24-20-38(54(14,15)16)30-48(42)51(9,10)46(40)28-36/h17-33H,1-16H3. The summed E-state index contributed by atoms with van der Waals surface area (Å²) < 4.78 is 0. The van der Waals surface area contributed by atoms with Gasteiger partial charge in [-0.1, -0.05) is 220 Å². The molecule has 0 fully saturated rings. The topological polar surface area (TPSA) is 0 Å². The van der Waals surface area contributed by atoms with Crippen molar-refractivity contribution in [3.63, 3.8) is 0 Å². The van der Waals surface area contributed by atoms with Gasteiger partial charge in [0.2, 0.25) is 6.71 Å². The van der Waals surface area contributed by atoms with E-state index in [9.17, 15) is 0 Å². The van der Waals surface area contributed by atoms with Crippen LogP contribution in [0.3, 0.4) is 0 Å². The van der Waals surface area contributed by atoms with Crippen LogP contribution in [0.1, 0.15) is 126 Å². The highest BCUT2D eigenvalue weighted by Crippen LogP contribution is 2.49. The number of rotatable bonds is 8. The molecule has 0 N–H and O–H groups in total. The highest BCUT2D eigenvalue weighted by Gasteiger charge is 2.41. The van der Waals surface area contributed by atoms with Gasteiger partial charge >= 0.3 is 0 Å². The number of hydrogen-bond donors (Lipinski definition) is 0. The van der Waals surface area contributed by atoms with Crippen molar-refractivity contribution >= 4 is 49.6 Å². The lowest BCUT2D eigenvalue weighted by atomic mass is 9.34. The SMILES string of the molecule is CC(C)c1cc(C(C)C)c(B(c2ccc3c(c2)C(C)(C)c2cc([Si](C)(C)C)ccc2-3)c2ccc3c(c2)C(C)(C)c2cc([Si](C)(C)C)ccc2-3)c(C(C)C)c1. The number of hydrogen-bond acceptors (Lipinski definition) is 0. The minimum absolute atomic E-state index is 0.0697. The second-order valence-electron chi connectivity index (χ2n) is 20.9. The third kappa shape index (κ3) is 6.26. The molecule has 0 nitrogen and oxygen atoms in total. The van der Waals surface area contributed by atoms with E-state index < -0.39 is 16.1 Å². The fraction of sp³-hybridized carbons (Fsp3) is 0.412. The summed E-state index contributed by atoms with van der Waals surface area (Å²) in [6.07, 6.45) is 0. The first-order valence-corrected chi connectivity index (χ1v) is 27.8. The van der Waals surface area contributed by atoms with E-state index >= 15 is 0 Å². The average molecular weight is 745 g/mol. The Morgan fingerprint density at radius 2 is 0.759 bits per heavy atom. The molecule has 5 aromatic carbocycles. The lowest BCUT2D eigenvalue weighted by Gasteiger charge is -2.30. The molecule has 0 atom stereocenters. The maximum absolute atomic E-state index is 2.62. The van der Waals surface area contributed by atoms with Gasteiger partial charge in [-0.2, -0.15) is 0 Å². The third-order valence-electron chi connectivity index (χ3n) is 13.3. The second-order valence-corrected chi connectivity index (χ2v) is 31.0. The lowest BCUT2D eigenvalue weighted by Crippen LogP contribution is -2.55. The lowest BCUT2D eigenvalue weighted by molar-refractivity contribution is 0.661. The van der Waals surface area contributed by atoms with Gasteiger partial charge < -0.3 is 0 Å². The first-order valence-electron chi connectivity index (χ1n) is 20.8. The summed E-state index contributed by atoms with van der Waals surface area (Å²) in [5.41, 5.74) is 20.2. The Bertz CT molecular complexity index is 2130. The molecule has 280 valence electrons. The summed E-state index contributed by atoms with van der Waals surface area (Å²) in [4.78, 5) is 0. The van der Waals surface area contributed by atoms with Crippen LogP contribution in [0.2, 0.25) is 39.3 Å². The summed E-state index contributed by atoms with van der Waals surface area (Å²) in [7, 11) is -2.92. The van der Waals surface area contributed by atoms with Crippen LogP contribution in [0.5, 0.6) is 0 Å². The summed E-state index contributed by atoms with van der Waals surface area (Å²) in [6.45, 7) is 39.1. The molecule has 0 bridgehead atoms. The van der Waals surface area contributed by atoms with Crippen LogP contribution in [0, 0.1) is 0 Å². The summed E-state index contributed by atoms with van der Waals surface area (Å²) in [6, 6.07) is 35.1. The van der Waals surface area contributed by atoms with Gasteiger partial charge in [-0.25, -0.2) is 0 Å². The molecule has 0 spiro atoms. The summed E-state index contributed by atoms with van der Waals surface area (Å²) in [5.74, 6) is 1.29. The first-order chi connectivity index (χ1) is 25.0. The maximum atomic E-state index is 2.62. The van der Waals surface area contributed by atoms with Gasteiger partial charge in [0.15, 0.2) is 0 Å². The Labute approximate surface area is 331 Å². The Morgan fingerprint density at radius 1 is 0.426 bits per heavy atom. The molecule has 2 aliphatic rings. The van der Waals surface area contributed by atoms with Crippen molar-refractivity contribution in [1.82, 2.24) is 0 Å². The normalized spacial score (nSPS) is 15.5. The van der Waals surface area contributed by atoms with E-state index in [1.807, 2.05) is 0 Å². The average Bonchev–Trinajstić information content (AvgIpc) is 3.45. The van der Waals surface area contributed by atoms with E-state index in [1.165, 1.54) is 77.6 Å². The predicted octanol–water partition coefficient (Wildman–Crippen LogP) is 11.3. The van der Waals surface area contributed by atoms with Crippen molar-refractivity contribution in [3.8, 4) is 22.3 Å². The van der Waals surface area contributed by atoms with E-state index in [2.05, 4.69) is 193 Å². The second kappa shape index (κ2) is 13.1. The first kappa shape index (κ1) is 38.9. The Balaban J connectivity index is 1.49. The van der Waals surface area contributed by atoms with Crippen LogP contribution in [0.25, 0.3) is 22.3 Å². The van der Waals surface area contributed by atoms with Crippen molar-refractivity contribution in [2.45, 2.75) is 137 Å². The van der Waals surface area contributed by atoms with E-state index in [4.69, 9.17) is 0 Å². The van der Waals surface area contributed by atoms with E-state index in [-0.39, 0.29) is 17.5 Å². The highest BCUT2D eigenvalue weighted by atomic mass is 28.3. The molecule has 54 heavy (non-hydrogen) atoms. The summed E-state index contributed by atoms with van der Waals surface area (Å²) in [5, 5.41) is 3.10. The van der Waals surface area contributed by atoms with Crippen molar-refractivity contribution in [1.29, 1.82) is 0 Å². The van der Waals surface area contributed by atoms with Gasteiger partial charge in [-0.3, -0.25) is 0 Å². The van der Waals surface area contributed by atoms with Crippen molar-refractivity contribution < 1.29 is 0 Å². The Kier molecular flexibility index (Phi) is 9.42. The molecule has 0 aliphatic heterocycles. The molecule has 0 unspecified atom stereocenters. The van der Waals surface area contributed by atoms with Gasteiger partial charge in [0, 0.05) is 10.8 Å². The Morgan fingerprint density at radius 3 is 1.07 bits per heavy atom. The highest BCUT2D eigenvalue weighted by molar-refractivity contribution is 6.96. The zero-order valence-corrected chi connectivity index (χ0v) is 38.4. The quantitative estimate of drug-likeness (QED) is 0.139. The van der Waals surface area contributed by atoms with Crippen molar-refractivity contribution in [2.24, 2.45) is 0 Å². The molecular weight excluding hydrogens is 680 g/mol. The van der Waals surface area contributed by atoms with Gasteiger partial charge in [0.25, 0.3) is 0 Å². The third-order valence-corrected chi connectivity index (χ3v) is 17.4. The van der Waals surface area contributed by atoms with E-state index in [0.29, 0.717) is 17.8 Å². The van der Waals surface area contributed by atoms with Crippen molar-refractivity contribution in [2.75, 3.05) is 0 Å². The molecule has 3 heteroatoms. The molecule has 0 heterocycles. The van der Waals surface area contributed by atoms with Crippen LogP contribution in [-0.4, -0.2) is 22.9 Å². The van der Waals surface area contributed by atoms with Crippen LogP contribution >= 0.6 is 0 Å². The monoisotopic (exact) mass is 744 g/mol. The summed E-state index contributed by atoms with van der Waals surface area (Å²) >= 11 is 0. The molecule has 0 radical (unpaired) electrons. The van der Waals surface area contributed by atoms with Crippen LogP contribution in [0.4, 0.5) is 0 Å². The van der Waals surface area contributed by atoms with Crippen LogP contribution < -0.4 is 26.8 Å². The van der Waals surface area contributed by atoms with E-state index in [0.717, 1.165) is 0 Å². The molecule has 0 saturated carbocycles. The molecule has 0 aromatic heterocycles. The van der Waals surface area contributed by atoms with Gasteiger partial charge in [0.1, 0.15) is 0 Å². The van der Waals surface area contributed by atoms with Crippen LogP contribution in [-0.2, 0) is 10.8 Å². The van der Waals surface area contributed by atoms with E-state index in [1.54, 1.807) is 10.4 Å². The maximum Gasteiger partial charge on any atom is 0.241 e. The molecular formula is C51H65BSi2. The minimum atomic E-state index is -1.46. The molecule has 0 saturated heterocycles. The predicted molar refractivity (Wildman–Crippen MR) is 247 cm³/mol. The molecule has 2 aliphatic carbocycles. The Hall–Kier alpha value is -3.40. The zero-order valence-electron chi connectivity index (χ0n) is 36.4. The zero-order chi connectivity index (χ0) is 39.4. The number of benzene rings is 5. The van der Waals surface area contributed by atoms with Gasteiger partial charge in [-0.15, -0.1) is 0 Å². The van der Waals surface area contributed by atoms with Crippen molar-refractivity contribution in [3.05, 3.63) is 124 Å². The molecule has 5 aromatic rings. The molecule has 7 rings (SSSR count). The molecule has 0 amide bonds. The largest absolute Gasteiger partial charge is 0.241 e. The van der Waals surface area contributed by atoms with Crippen LogP contribution in [0.15, 0.2) is 84.9 Å². The van der Waals surface area contributed by atoms with Gasteiger partial charge in [0.05, 0.1) is 16.1 Å². The van der Waals surface area contributed by atoms with Gasteiger partial charge in [-0.05, 0) is 79.0 Å².